The molecule has 0 N–H and O–H groups in total. The zero-order chi connectivity index (χ0) is 13.8. The van der Waals surface area contributed by atoms with Crippen LogP contribution < -0.4 is 0 Å². The summed E-state index contributed by atoms with van der Waals surface area (Å²) in [4.78, 5) is 11.1. The quantitative estimate of drug-likeness (QED) is 0.360. The molecule has 104 valence electrons. The molecule has 0 saturated carbocycles. The molecule has 0 aliphatic carbocycles. The van der Waals surface area contributed by atoms with Gasteiger partial charge >= 0.3 is 6.16 Å². The summed E-state index contributed by atoms with van der Waals surface area (Å²) in [7, 11) is 0. The van der Waals surface area contributed by atoms with E-state index in [2.05, 4.69) is 19.9 Å². The SMILES string of the molecule is CCCCOC(=O)OC/C=C(\C)CCC=C(C)C. The summed E-state index contributed by atoms with van der Waals surface area (Å²) in [6.07, 6.45) is 7.49. The molecule has 0 saturated heterocycles. The Balaban J connectivity index is 3.66. The smallest absolute Gasteiger partial charge is 0.434 e. The zero-order valence-electron chi connectivity index (χ0n) is 12.1. The zero-order valence-corrected chi connectivity index (χ0v) is 12.1. The van der Waals surface area contributed by atoms with Crippen LogP contribution in [-0.2, 0) is 9.47 Å². The predicted molar refractivity (Wildman–Crippen MR) is 74.6 cm³/mol. The van der Waals surface area contributed by atoms with Crippen LogP contribution in [0, 0.1) is 0 Å². The number of carbonyl (C=O) groups excluding carboxylic acids is 1. The van der Waals surface area contributed by atoms with Crippen molar-refractivity contribution in [3.8, 4) is 0 Å². The van der Waals surface area contributed by atoms with Crippen LogP contribution in [0.2, 0.25) is 0 Å². The fourth-order valence-corrected chi connectivity index (χ4v) is 1.28. The van der Waals surface area contributed by atoms with Crippen molar-refractivity contribution in [2.24, 2.45) is 0 Å². The standard InChI is InChI=1S/C15H26O3/c1-5-6-11-17-15(16)18-12-10-14(4)9-7-8-13(2)3/h8,10H,5-7,9,11-12H2,1-4H3/b14-10+. The lowest BCUT2D eigenvalue weighted by Crippen LogP contribution is -2.08. The van der Waals surface area contributed by atoms with Crippen molar-refractivity contribution >= 4 is 6.16 Å². The van der Waals surface area contributed by atoms with Crippen molar-refractivity contribution in [3.63, 3.8) is 0 Å². The molecule has 0 aromatic heterocycles. The molecule has 0 aromatic carbocycles. The van der Waals surface area contributed by atoms with E-state index in [9.17, 15) is 4.79 Å². The van der Waals surface area contributed by atoms with Crippen molar-refractivity contribution in [2.45, 2.75) is 53.4 Å². The minimum Gasteiger partial charge on any atom is -0.434 e. The van der Waals surface area contributed by atoms with Crippen LogP contribution in [0.5, 0.6) is 0 Å². The first-order valence-corrected chi connectivity index (χ1v) is 6.64. The number of hydrogen-bond donors (Lipinski definition) is 0. The van der Waals surface area contributed by atoms with Gasteiger partial charge in [-0.05, 0) is 46.1 Å². The van der Waals surface area contributed by atoms with E-state index < -0.39 is 6.16 Å². The Morgan fingerprint density at radius 2 is 1.83 bits per heavy atom. The molecule has 3 nitrogen and oxygen atoms in total. The van der Waals surface area contributed by atoms with Crippen molar-refractivity contribution in [1.82, 2.24) is 0 Å². The molecule has 0 bridgehead atoms. The van der Waals surface area contributed by atoms with Crippen molar-refractivity contribution in [2.75, 3.05) is 13.2 Å². The molecule has 0 atom stereocenters. The number of hydrogen-bond acceptors (Lipinski definition) is 3. The van der Waals surface area contributed by atoms with Crippen LogP contribution in [0.3, 0.4) is 0 Å². The molecular formula is C15H26O3. The molecular weight excluding hydrogens is 228 g/mol. The molecule has 0 radical (unpaired) electrons. The summed E-state index contributed by atoms with van der Waals surface area (Å²) in [6.45, 7) is 9.02. The molecule has 0 aliphatic rings. The molecule has 0 heterocycles. The van der Waals surface area contributed by atoms with E-state index in [1.807, 2.05) is 19.9 Å². The van der Waals surface area contributed by atoms with E-state index >= 15 is 0 Å². The van der Waals surface area contributed by atoms with Gasteiger partial charge in [-0.15, -0.1) is 0 Å². The third kappa shape index (κ3) is 11.2. The third-order valence-corrected chi connectivity index (χ3v) is 2.44. The van der Waals surface area contributed by atoms with Crippen molar-refractivity contribution < 1.29 is 14.3 Å². The lowest BCUT2D eigenvalue weighted by Gasteiger charge is -2.04. The summed E-state index contributed by atoms with van der Waals surface area (Å²) >= 11 is 0. The van der Waals surface area contributed by atoms with Gasteiger partial charge in [0.25, 0.3) is 0 Å². The highest BCUT2D eigenvalue weighted by Crippen LogP contribution is 2.06. The van der Waals surface area contributed by atoms with Crippen LogP contribution in [0.1, 0.15) is 53.4 Å². The maximum absolute atomic E-state index is 11.1. The van der Waals surface area contributed by atoms with Crippen LogP contribution in [0.15, 0.2) is 23.3 Å². The maximum Gasteiger partial charge on any atom is 0.508 e. The van der Waals surface area contributed by atoms with Crippen LogP contribution in [0.25, 0.3) is 0 Å². The third-order valence-electron chi connectivity index (χ3n) is 2.44. The van der Waals surface area contributed by atoms with Crippen LogP contribution in [0.4, 0.5) is 4.79 Å². The lowest BCUT2D eigenvalue weighted by atomic mass is 10.1. The first-order valence-electron chi connectivity index (χ1n) is 6.64. The van der Waals surface area contributed by atoms with Crippen LogP contribution >= 0.6 is 0 Å². The first-order chi connectivity index (χ1) is 8.56. The molecule has 0 unspecified atom stereocenters. The minimum atomic E-state index is -0.572. The predicted octanol–water partition coefficient (Wildman–Crippen LogP) is 4.63. The molecule has 18 heavy (non-hydrogen) atoms. The molecule has 0 aromatic rings. The van der Waals surface area contributed by atoms with Gasteiger partial charge < -0.3 is 9.47 Å². The van der Waals surface area contributed by atoms with Gasteiger partial charge in [-0.25, -0.2) is 4.79 Å². The van der Waals surface area contributed by atoms with Gasteiger partial charge in [-0.1, -0.05) is 30.6 Å². The Morgan fingerprint density at radius 1 is 1.11 bits per heavy atom. The van der Waals surface area contributed by atoms with E-state index in [1.54, 1.807) is 0 Å². The topological polar surface area (TPSA) is 35.5 Å². The highest BCUT2D eigenvalue weighted by Gasteiger charge is 2.01. The monoisotopic (exact) mass is 254 g/mol. The Bertz CT molecular complexity index is 286. The normalized spacial score (nSPS) is 11.0. The molecule has 3 heteroatoms. The summed E-state index contributed by atoms with van der Waals surface area (Å²) < 4.78 is 9.81. The largest absolute Gasteiger partial charge is 0.508 e. The highest BCUT2D eigenvalue weighted by molar-refractivity contribution is 5.59. The van der Waals surface area contributed by atoms with E-state index in [1.165, 1.54) is 11.1 Å². The molecule has 0 spiro atoms. The maximum atomic E-state index is 11.1. The summed E-state index contributed by atoms with van der Waals surface area (Å²) in [5.41, 5.74) is 2.56. The Labute approximate surface area is 111 Å². The fourth-order valence-electron chi connectivity index (χ4n) is 1.28. The molecule has 0 aliphatic heterocycles. The number of carbonyl (C=O) groups is 1. The second-order valence-electron chi connectivity index (χ2n) is 4.63. The van der Waals surface area contributed by atoms with Gasteiger partial charge in [-0.2, -0.15) is 0 Å². The van der Waals surface area contributed by atoms with E-state index in [0.717, 1.165) is 25.7 Å². The highest BCUT2D eigenvalue weighted by atomic mass is 16.7. The number of rotatable bonds is 8. The summed E-state index contributed by atoms with van der Waals surface area (Å²) in [6, 6.07) is 0. The van der Waals surface area contributed by atoms with Gasteiger partial charge in [0.15, 0.2) is 0 Å². The number of unbranched alkanes of at least 4 members (excludes halogenated alkanes) is 1. The fraction of sp³-hybridized carbons (Fsp3) is 0.667. The van der Waals surface area contributed by atoms with Crippen molar-refractivity contribution in [1.29, 1.82) is 0 Å². The van der Waals surface area contributed by atoms with E-state index in [0.29, 0.717) is 13.2 Å². The van der Waals surface area contributed by atoms with Gasteiger partial charge in [0.2, 0.25) is 0 Å². The van der Waals surface area contributed by atoms with Crippen LogP contribution in [-0.4, -0.2) is 19.4 Å². The first kappa shape index (κ1) is 16.8. The van der Waals surface area contributed by atoms with E-state index in [-0.39, 0.29) is 0 Å². The average molecular weight is 254 g/mol. The second-order valence-corrected chi connectivity index (χ2v) is 4.63. The second kappa shape index (κ2) is 10.9. The lowest BCUT2D eigenvalue weighted by molar-refractivity contribution is 0.0622. The summed E-state index contributed by atoms with van der Waals surface area (Å²) in [5.74, 6) is 0. The van der Waals surface area contributed by atoms with Gasteiger partial charge in [0.05, 0.1) is 6.61 Å². The van der Waals surface area contributed by atoms with Crippen molar-refractivity contribution in [3.05, 3.63) is 23.3 Å². The Kier molecular flexibility index (Phi) is 10.1. The Morgan fingerprint density at radius 3 is 2.44 bits per heavy atom. The molecule has 0 rings (SSSR count). The number of ether oxygens (including phenoxy) is 2. The van der Waals surface area contributed by atoms with Gasteiger partial charge in [-0.3, -0.25) is 0 Å². The minimum absolute atomic E-state index is 0.297. The van der Waals surface area contributed by atoms with E-state index in [4.69, 9.17) is 9.47 Å². The summed E-state index contributed by atoms with van der Waals surface area (Å²) in [5, 5.41) is 0. The molecule has 0 fully saturated rings. The Hall–Kier alpha value is -1.25. The van der Waals surface area contributed by atoms with Gasteiger partial charge in [0, 0.05) is 0 Å². The number of allylic oxidation sites excluding steroid dienone is 3. The van der Waals surface area contributed by atoms with Gasteiger partial charge in [0.1, 0.15) is 6.61 Å². The average Bonchev–Trinajstić information content (AvgIpc) is 2.29. The molecule has 0 amide bonds.